The molecular formula is C16H24N2O5S2. The zero-order valence-electron chi connectivity index (χ0n) is 14.3. The predicted molar refractivity (Wildman–Crippen MR) is 94.5 cm³/mol. The highest BCUT2D eigenvalue weighted by Gasteiger charge is 2.31. The number of benzene rings is 1. The van der Waals surface area contributed by atoms with E-state index in [1.807, 2.05) is 18.0 Å². The lowest BCUT2D eigenvalue weighted by Crippen LogP contribution is -2.40. The number of morpholine rings is 1. The van der Waals surface area contributed by atoms with Gasteiger partial charge in [-0.2, -0.15) is 4.31 Å². The van der Waals surface area contributed by atoms with E-state index >= 15 is 0 Å². The van der Waals surface area contributed by atoms with E-state index in [4.69, 9.17) is 4.74 Å². The quantitative estimate of drug-likeness (QED) is 0.723. The number of hydrogen-bond acceptors (Lipinski definition) is 6. The van der Waals surface area contributed by atoms with Crippen molar-refractivity contribution in [3.8, 4) is 0 Å². The van der Waals surface area contributed by atoms with E-state index in [2.05, 4.69) is 0 Å². The summed E-state index contributed by atoms with van der Waals surface area (Å²) in [5, 5.41) is 0. The molecule has 2 aliphatic rings. The molecule has 1 atom stereocenters. The Balaban J connectivity index is 1.73. The van der Waals surface area contributed by atoms with Crippen molar-refractivity contribution in [1.82, 2.24) is 9.21 Å². The second-order valence-electron chi connectivity index (χ2n) is 6.64. The molecule has 140 valence electrons. The van der Waals surface area contributed by atoms with Crippen LogP contribution < -0.4 is 0 Å². The molecule has 0 aromatic heterocycles. The SMILES string of the molecule is CN(Cc1cccc(S(=O)(=O)N2CCOCC2)c1)[C@@H]1CCS(=O)(=O)C1. The van der Waals surface area contributed by atoms with Crippen LogP contribution in [0.1, 0.15) is 12.0 Å². The summed E-state index contributed by atoms with van der Waals surface area (Å²) < 4.78 is 55.4. The Morgan fingerprint density at radius 2 is 2.00 bits per heavy atom. The number of ether oxygens (including phenoxy) is 1. The maximum Gasteiger partial charge on any atom is 0.243 e. The van der Waals surface area contributed by atoms with Crippen LogP contribution in [0.2, 0.25) is 0 Å². The van der Waals surface area contributed by atoms with Gasteiger partial charge in [-0.15, -0.1) is 0 Å². The van der Waals surface area contributed by atoms with Gasteiger partial charge in [0.15, 0.2) is 9.84 Å². The monoisotopic (exact) mass is 388 g/mol. The van der Waals surface area contributed by atoms with Crippen molar-refractivity contribution in [3.63, 3.8) is 0 Å². The van der Waals surface area contributed by atoms with Gasteiger partial charge < -0.3 is 4.74 Å². The smallest absolute Gasteiger partial charge is 0.243 e. The summed E-state index contributed by atoms with van der Waals surface area (Å²) in [6, 6.07) is 6.89. The van der Waals surface area contributed by atoms with E-state index in [1.165, 1.54) is 4.31 Å². The minimum Gasteiger partial charge on any atom is -0.379 e. The van der Waals surface area contributed by atoms with Crippen LogP contribution in [-0.4, -0.2) is 76.9 Å². The fourth-order valence-electron chi connectivity index (χ4n) is 3.28. The van der Waals surface area contributed by atoms with Crippen LogP contribution >= 0.6 is 0 Å². The number of sulfonamides is 1. The van der Waals surface area contributed by atoms with Gasteiger partial charge in [-0.05, 0) is 31.2 Å². The second-order valence-corrected chi connectivity index (χ2v) is 10.8. The third-order valence-electron chi connectivity index (χ3n) is 4.77. The molecule has 0 N–H and O–H groups in total. The first-order valence-corrected chi connectivity index (χ1v) is 11.6. The zero-order chi connectivity index (χ0) is 18.1. The number of hydrogen-bond donors (Lipinski definition) is 0. The van der Waals surface area contributed by atoms with E-state index in [0.717, 1.165) is 5.56 Å². The van der Waals surface area contributed by atoms with E-state index in [-0.39, 0.29) is 22.4 Å². The average Bonchev–Trinajstić information content (AvgIpc) is 2.96. The van der Waals surface area contributed by atoms with Gasteiger partial charge in [0, 0.05) is 25.7 Å². The minimum absolute atomic E-state index is 0.00972. The molecule has 1 aromatic carbocycles. The van der Waals surface area contributed by atoms with Gasteiger partial charge in [-0.3, -0.25) is 4.90 Å². The summed E-state index contributed by atoms with van der Waals surface area (Å²) in [4.78, 5) is 2.27. The molecule has 3 rings (SSSR count). The third-order valence-corrected chi connectivity index (χ3v) is 8.41. The maximum absolute atomic E-state index is 12.7. The molecular weight excluding hydrogens is 364 g/mol. The van der Waals surface area contributed by atoms with Crippen LogP contribution in [0.5, 0.6) is 0 Å². The molecule has 2 fully saturated rings. The van der Waals surface area contributed by atoms with Crippen molar-refractivity contribution in [3.05, 3.63) is 29.8 Å². The Hall–Kier alpha value is -1.00. The van der Waals surface area contributed by atoms with Crippen LogP contribution in [0.25, 0.3) is 0 Å². The molecule has 9 heteroatoms. The first-order valence-electron chi connectivity index (χ1n) is 8.35. The van der Waals surface area contributed by atoms with Gasteiger partial charge >= 0.3 is 0 Å². The standard InChI is InChI=1S/C16H24N2O5S2/c1-17(15-5-10-24(19,20)13-15)12-14-3-2-4-16(11-14)25(21,22)18-6-8-23-9-7-18/h2-4,11,15H,5-10,12-13H2,1H3/t15-/m1/s1. The molecule has 25 heavy (non-hydrogen) atoms. The molecule has 0 saturated carbocycles. The zero-order valence-corrected chi connectivity index (χ0v) is 15.9. The predicted octanol–water partition coefficient (Wildman–Crippen LogP) is 0.326. The molecule has 7 nitrogen and oxygen atoms in total. The number of nitrogens with zero attached hydrogens (tertiary/aromatic N) is 2. The molecule has 0 unspecified atom stereocenters. The van der Waals surface area contributed by atoms with Crippen molar-refractivity contribution in [2.75, 3.05) is 44.9 Å². The number of sulfone groups is 1. The molecule has 1 aromatic rings. The van der Waals surface area contributed by atoms with Gasteiger partial charge in [0.1, 0.15) is 0 Å². The Labute approximate surface area is 149 Å². The molecule has 0 bridgehead atoms. The van der Waals surface area contributed by atoms with Gasteiger partial charge in [0.2, 0.25) is 10.0 Å². The summed E-state index contributed by atoms with van der Waals surface area (Å²) in [6.45, 7) is 2.08. The van der Waals surface area contributed by atoms with Crippen LogP contribution in [0.15, 0.2) is 29.2 Å². The Morgan fingerprint density at radius 3 is 2.64 bits per heavy atom. The van der Waals surface area contributed by atoms with Crippen molar-refractivity contribution in [2.24, 2.45) is 0 Å². The first-order chi connectivity index (χ1) is 11.8. The maximum atomic E-state index is 12.7. The summed E-state index contributed by atoms with van der Waals surface area (Å²) >= 11 is 0. The molecule has 0 spiro atoms. The highest BCUT2D eigenvalue weighted by Crippen LogP contribution is 2.21. The highest BCUT2D eigenvalue weighted by atomic mass is 32.2. The van der Waals surface area contributed by atoms with Crippen molar-refractivity contribution < 1.29 is 21.6 Å². The summed E-state index contributed by atoms with van der Waals surface area (Å²) in [5.74, 6) is 0.405. The Kier molecular flexibility index (Phi) is 5.50. The van der Waals surface area contributed by atoms with Gasteiger partial charge in [0.05, 0.1) is 29.6 Å². The topological polar surface area (TPSA) is 84.0 Å². The Morgan fingerprint density at radius 1 is 1.28 bits per heavy atom. The molecule has 0 aliphatic carbocycles. The van der Waals surface area contributed by atoms with Crippen molar-refractivity contribution in [1.29, 1.82) is 0 Å². The van der Waals surface area contributed by atoms with Crippen molar-refractivity contribution in [2.45, 2.75) is 23.9 Å². The number of rotatable bonds is 5. The molecule has 2 aliphatic heterocycles. The van der Waals surface area contributed by atoms with Crippen LogP contribution in [-0.2, 0) is 31.1 Å². The molecule has 2 saturated heterocycles. The lowest BCUT2D eigenvalue weighted by molar-refractivity contribution is 0.0730. The summed E-state index contributed by atoms with van der Waals surface area (Å²) in [5.41, 5.74) is 0.862. The first kappa shape index (κ1) is 18.8. The van der Waals surface area contributed by atoms with E-state index in [0.29, 0.717) is 39.3 Å². The largest absolute Gasteiger partial charge is 0.379 e. The average molecular weight is 389 g/mol. The van der Waals surface area contributed by atoms with E-state index in [1.54, 1.807) is 18.2 Å². The fraction of sp³-hybridized carbons (Fsp3) is 0.625. The van der Waals surface area contributed by atoms with E-state index < -0.39 is 19.9 Å². The molecule has 0 radical (unpaired) electrons. The Bertz CT molecular complexity index is 817. The normalized spacial score (nSPS) is 24.6. The van der Waals surface area contributed by atoms with Crippen LogP contribution in [0, 0.1) is 0 Å². The lowest BCUT2D eigenvalue weighted by atomic mass is 10.1. The second kappa shape index (κ2) is 7.32. The van der Waals surface area contributed by atoms with Crippen LogP contribution in [0.3, 0.4) is 0 Å². The molecule has 0 amide bonds. The molecule has 2 heterocycles. The van der Waals surface area contributed by atoms with Crippen molar-refractivity contribution >= 4 is 19.9 Å². The highest BCUT2D eigenvalue weighted by molar-refractivity contribution is 7.91. The summed E-state index contributed by atoms with van der Waals surface area (Å²) in [6.07, 6.45) is 0.630. The van der Waals surface area contributed by atoms with Gasteiger partial charge in [-0.25, -0.2) is 16.8 Å². The minimum atomic E-state index is -3.52. The van der Waals surface area contributed by atoms with Gasteiger partial charge in [0.25, 0.3) is 0 Å². The summed E-state index contributed by atoms with van der Waals surface area (Å²) in [7, 11) is -4.57. The fourth-order valence-corrected chi connectivity index (χ4v) is 6.56. The lowest BCUT2D eigenvalue weighted by Gasteiger charge is -2.26. The third kappa shape index (κ3) is 4.40. The van der Waals surface area contributed by atoms with Gasteiger partial charge in [-0.1, -0.05) is 12.1 Å². The van der Waals surface area contributed by atoms with E-state index in [9.17, 15) is 16.8 Å². The van der Waals surface area contributed by atoms with Crippen LogP contribution in [0.4, 0.5) is 0 Å².